The van der Waals surface area contributed by atoms with Crippen LogP contribution in [0.15, 0.2) is 28.8 Å². The van der Waals surface area contributed by atoms with Crippen molar-refractivity contribution in [1.82, 2.24) is 10.1 Å². The van der Waals surface area contributed by atoms with Crippen molar-refractivity contribution in [2.75, 3.05) is 7.11 Å². The van der Waals surface area contributed by atoms with E-state index in [9.17, 15) is 5.11 Å². The Morgan fingerprint density at radius 1 is 1.35 bits per heavy atom. The summed E-state index contributed by atoms with van der Waals surface area (Å²) in [5.74, 6) is 1.61. The first-order chi connectivity index (χ1) is 8.19. The van der Waals surface area contributed by atoms with Crippen LogP contribution in [-0.4, -0.2) is 22.4 Å². The average molecular weight is 234 g/mol. The van der Waals surface area contributed by atoms with Gasteiger partial charge in [0.25, 0.3) is 0 Å². The van der Waals surface area contributed by atoms with Crippen LogP contribution in [-0.2, 0) is 6.42 Å². The second-order valence-electron chi connectivity index (χ2n) is 3.75. The van der Waals surface area contributed by atoms with Crippen LogP contribution in [0.4, 0.5) is 0 Å². The number of hydrogen-bond acceptors (Lipinski definition) is 5. The van der Waals surface area contributed by atoms with Crippen LogP contribution in [0.1, 0.15) is 30.3 Å². The lowest BCUT2D eigenvalue weighted by Gasteiger charge is -2.00. The molecule has 0 radical (unpaired) electrons. The highest BCUT2D eigenvalue weighted by Gasteiger charge is 2.11. The maximum absolute atomic E-state index is 9.27. The number of rotatable bonds is 4. The Hall–Kier alpha value is -1.88. The number of methoxy groups -OCH3 is 1. The fraction of sp³-hybridized carbons (Fsp3) is 0.333. The van der Waals surface area contributed by atoms with Crippen LogP contribution in [0.5, 0.6) is 5.75 Å². The summed E-state index contributed by atoms with van der Waals surface area (Å²) in [5, 5.41) is 13.0. The lowest BCUT2D eigenvalue weighted by Crippen LogP contribution is -1.94. The highest BCUT2D eigenvalue weighted by molar-refractivity contribution is 5.28. The largest absolute Gasteiger partial charge is 0.497 e. The van der Waals surface area contributed by atoms with E-state index in [0.717, 1.165) is 11.3 Å². The molecule has 1 atom stereocenters. The zero-order valence-corrected chi connectivity index (χ0v) is 9.75. The summed E-state index contributed by atoms with van der Waals surface area (Å²) in [6, 6.07) is 7.62. The van der Waals surface area contributed by atoms with Crippen molar-refractivity contribution in [3.05, 3.63) is 41.5 Å². The first-order valence-corrected chi connectivity index (χ1v) is 5.32. The third-order valence-electron chi connectivity index (χ3n) is 2.37. The minimum atomic E-state index is -0.705. The Kier molecular flexibility index (Phi) is 3.39. The van der Waals surface area contributed by atoms with Gasteiger partial charge in [0.05, 0.1) is 13.5 Å². The van der Waals surface area contributed by atoms with E-state index >= 15 is 0 Å². The third-order valence-corrected chi connectivity index (χ3v) is 2.37. The van der Waals surface area contributed by atoms with E-state index < -0.39 is 6.10 Å². The number of hydrogen-bond donors (Lipinski definition) is 1. The summed E-state index contributed by atoms with van der Waals surface area (Å²) in [4.78, 5) is 4.09. The van der Waals surface area contributed by atoms with Crippen molar-refractivity contribution in [2.24, 2.45) is 0 Å². The lowest BCUT2D eigenvalue weighted by molar-refractivity contribution is 0.184. The van der Waals surface area contributed by atoms with Crippen molar-refractivity contribution in [3.63, 3.8) is 0 Å². The van der Waals surface area contributed by atoms with Gasteiger partial charge in [-0.15, -0.1) is 0 Å². The van der Waals surface area contributed by atoms with E-state index in [-0.39, 0.29) is 0 Å². The molecule has 5 heteroatoms. The van der Waals surface area contributed by atoms with Crippen LogP contribution in [0.3, 0.4) is 0 Å². The molecule has 0 saturated heterocycles. The molecule has 0 aliphatic rings. The zero-order valence-electron chi connectivity index (χ0n) is 9.75. The summed E-state index contributed by atoms with van der Waals surface area (Å²) >= 11 is 0. The SMILES string of the molecule is COc1ccc(Cc2nc(C(C)O)no2)cc1. The minimum Gasteiger partial charge on any atom is -0.497 e. The van der Waals surface area contributed by atoms with Crippen molar-refractivity contribution in [2.45, 2.75) is 19.4 Å². The van der Waals surface area contributed by atoms with Gasteiger partial charge in [-0.3, -0.25) is 0 Å². The van der Waals surface area contributed by atoms with Gasteiger partial charge in [0.1, 0.15) is 11.9 Å². The summed E-state index contributed by atoms with van der Waals surface area (Å²) in [6.45, 7) is 1.60. The van der Waals surface area contributed by atoms with Gasteiger partial charge in [0.15, 0.2) is 5.82 Å². The van der Waals surface area contributed by atoms with Gasteiger partial charge in [-0.1, -0.05) is 17.3 Å². The standard InChI is InChI=1S/C12H14N2O3/c1-8(15)12-13-11(17-14-12)7-9-3-5-10(16-2)6-4-9/h3-6,8,15H,7H2,1-2H3. The molecule has 0 aliphatic carbocycles. The van der Waals surface area contributed by atoms with Gasteiger partial charge in [-0.05, 0) is 24.6 Å². The minimum absolute atomic E-state index is 0.313. The molecule has 1 N–H and O–H groups in total. The number of aromatic nitrogens is 2. The number of ether oxygens (including phenoxy) is 1. The molecule has 17 heavy (non-hydrogen) atoms. The molecular formula is C12H14N2O3. The molecule has 0 spiro atoms. The van der Waals surface area contributed by atoms with Gasteiger partial charge < -0.3 is 14.4 Å². The van der Waals surface area contributed by atoms with Crippen molar-refractivity contribution in [1.29, 1.82) is 0 Å². The maximum Gasteiger partial charge on any atom is 0.231 e. The number of aliphatic hydroxyl groups excluding tert-OH is 1. The fourth-order valence-electron chi connectivity index (χ4n) is 1.43. The normalized spacial score (nSPS) is 12.4. The van der Waals surface area contributed by atoms with Crippen molar-refractivity contribution < 1.29 is 14.4 Å². The number of nitrogens with zero attached hydrogens (tertiary/aromatic N) is 2. The number of aliphatic hydroxyl groups is 1. The Labute approximate surface area is 99.0 Å². The van der Waals surface area contributed by atoms with E-state index in [1.807, 2.05) is 24.3 Å². The second kappa shape index (κ2) is 4.97. The quantitative estimate of drug-likeness (QED) is 0.872. The first kappa shape index (κ1) is 11.6. The molecule has 0 amide bonds. The van der Waals surface area contributed by atoms with Gasteiger partial charge in [0.2, 0.25) is 5.89 Å². The Morgan fingerprint density at radius 2 is 2.06 bits per heavy atom. The summed E-state index contributed by atoms with van der Waals surface area (Å²) in [7, 11) is 1.63. The molecule has 0 bridgehead atoms. The van der Waals surface area contributed by atoms with Crippen LogP contribution in [0.25, 0.3) is 0 Å². The van der Waals surface area contributed by atoms with E-state index in [4.69, 9.17) is 9.26 Å². The topological polar surface area (TPSA) is 68.4 Å². The number of benzene rings is 1. The van der Waals surface area contributed by atoms with Crippen LogP contribution < -0.4 is 4.74 Å². The summed E-state index contributed by atoms with van der Waals surface area (Å²) in [5.41, 5.74) is 1.05. The maximum atomic E-state index is 9.27. The Morgan fingerprint density at radius 3 is 2.59 bits per heavy atom. The molecular weight excluding hydrogens is 220 g/mol. The highest BCUT2D eigenvalue weighted by Crippen LogP contribution is 2.15. The Bertz CT molecular complexity index is 477. The van der Waals surface area contributed by atoms with E-state index in [0.29, 0.717) is 18.1 Å². The Balaban J connectivity index is 2.08. The van der Waals surface area contributed by atoms with Gasteiger partial charge in [-0.25, -0.2) is 0 Å². The lowest BCUT2D eigenvalue weighted by atomic mass is 10.1. The first-order valence-electron chi connectivity index (χ1n) is 5.32. The smallest absolute Gasteiger partial charge is 0.231 e. The molecule has 1 aromatic carbocycles. The molecule has 0 fully saturated rings. The zero-order chi connectivity index (χ0) is 12.3. The molecule has 0 aliphatic heterocycles. The molecule has 2 aromatic rings. The van der Waals surface area contributed by atoms with Gasteiger partial charge in [0, 0.05) is 0 Å². The second-order valence-corrected chi connectivity index (χ2v) is 3.75. The molecule has 1 heterocycles. The summed E-state index contributed by atoms with van der Waals surface area (Å²) < 4.78 is 10.1. The average Bonchev–Trinajstić information content (AvgIpc) is 2.79. The van der Waals surface area contributed by atoms with Crippen LogP contribution in [0, 0.1) is 0 Å². The van der Waals surface area contributed by atoms with Gasteiger partial charge in [-0.2, -0.15) is 4.98 Å². The van der Waals surface area contributed by atoms with Crippen LogP contribution in [0.2, 0.25) is 0 Å². The third kappa shape index (κ3) is 2.82. The molecule has 2 rings (SSSR count). The summed E-state index contributed by atoms with van der Waals surface area (Å²) in [6.07, 6.45) is -0.160. The van der Waals surface area contributed by atoms with E-state index in [1.54, 1.807) is 14.0 Å². The van der Waals surface area contributed by atoms with Gasteiger partial charge >= 0.3 is 0 Å². The fourth-order valence-corrected chi connectivity index (χ4v) is 1.43. The molecule has 0 saturated carbocycles. The van der Waals surface area contributed by atoms with Crippen molar-refractivity contribution >= 4 is 0 Å². The monoisotopic (exact) mass is 234 g/mol. The van der Waals surface area contributed by atoms with Crippen LogP contribution >= 0.6 is 0 Å². The predicted octanol–water partition coefficient (Wildman–Crippen LogP) is 1.72. The molecule has 1 aromatic heterocycles. The molecule has 1 unspecified atom stereocenters. The highest BCUT2D eigenvalue weighted by atomic mass is 16.5. The van der Waals surface area contributed by atoms with E-state index in [2.05, 4.69) is 10.1 Å². The predicted molar refractivity (Wildman–Crippen MR) is 60.7 cm³/mol. The molecule has 90 valence electrons. The van der Waals surface area contributed by atoms with Crippen molar-refractivity contribution in [3.8, 4) is 5.75 Å². The van der Waals surface area contributed by atoms with E-state index in [1.165, 1.54) is 0 Å². The molecule has 5 nitrogen and oxygen atoms in total.